The topological polar surface area (TPSA) is 46.3 Å². The van der Waals surface area contributed by atoms with Crippen molar-refractivity contribution >= 4 is 5.91 Å². The highest BCUT2D eigenvalue weighted by atomic mass is 19.1. The van der Waals surface area contributed by atoms with Crippen molar-refractivity contribution < 1.29 is 9.18 Å². The van der Waals surface area contributed by atoms with Crippen LogP contribution >= 0.6 is 0 Å². The molecule has 94 valence electrons. The molecule has 0 aliphatic carbocycles. The van der Waals surface area contributed by atoms with E-state index in [1.165, 1.54) is 12.1 Å². The summed E-state index contributed by atoms with van der Waals surface area (Å²) >= 11 is 0. The van der Waals surface area contributed by atoms with E-state index in [1.807, 2.05) is 6.92 Å². The molecule has 0 saturated heterocycles. The second-order valence-electron chi connectivity index (χ2n) is 4.12. The molecule has 0 fully saturated rings. The predicted molar refractivity (Wildman–Crippen MR) is 65.9 cm³/mol. The number of nitrogens with two attached hydrogens (primary N) is 1. The number of carbonyl (C=O) groups excluding carboxylic acids is 1. The minimum atomic E-state index is -0.266. The van der Waals surface area contributed by atoms with Gasteiger partial charge in [-0.3, -0.25) is 4.79 Å². The van der Waals surface area contributed by atoms with Gasteiger partial charge in [-0.25, -0.2) is 4.39 Å². The molecule has 0 aliphatic rings. The van der Waals surface area contributed by atoms with Crippen molar-refractivity contribution in [3.05, 3.63) is 35.6 Å². The lowest BCUT2D eigenvalue weighted by Crippen LogP contribution is -2.29. The van der Waals surface area contributed by atoms with Crippen LogP contribution in [0.5, 0.6) is 0 Å². The summed E-state index contributed by atoms with van der Waals surface area (Å²) in [6.07, 6.45) is 1.15. The Balaban J connectivity index is 2.65. The van der Waals surface area contributed by atoms with Gasteiger partial charge in [-0.1, -0.05) is 12.1 Å². The fourth-order valence-corrected chi connectivity index (χ4v) is 1.61. The normalized spacial score (nSPS) is 12.2. The van der Waals surface area contributed by atoms with Gasteiger partial charge in [0.25, 0.3) is 0 Å². The first-order valence-electron chi connectivity index (χ1n) is 5.77. The van der Waals surface area contributed by atoms with Crippen LogP contribution in [0.1, 0.15) is 31.4 Å². The van der Waals surface area contributed by atoms with Crippen molar-refractivity contribution in [2.24, 2.45) is 5.73 Å². The monoisotopic (exact) mass is 238 g/mol. The summed E-state index contributed by atoms with van der Waals surface area (Å²) in [6.45, 7) is 2.44. The molecule has 0 heterocycles. The molecule has 1 amide bonds. The van der Waals surface area contributed by atoms with Crippen LogP contribution < -0.4 is 5.73 Å². The van der Waals surface area contributed by atoms with E-state index in [0.29, 0.717) is 19.4 Å². The fourth-order valence-electron chi connectivity index (χ4n) is 1.61. The van der Waals surface area contributed by atoms with Gasteiger partial charge in [-0.05, 0) is 37.6 Å². The van der Waals surface area contributed by atoms with Gasteiger partial charge in [-0.2, -0.15) is 0 Å². The van der Waals surface area contributed by atoms with Crippen LogP contribution in [-0.4, -0.2) is 24.4 Å². The molecule has 0 aliphatic heterocycles. The average molecular weight is 238 g/mol. The number of hydrogen-bond donors (Lipinski definition) is 1. The first kappa shape index (κ1) is 13.6. The molecule has 0 bridgehead atoms. The number of halogens is 1. The Morgan fingerprint density at radius 2 is 2.00 bits per heavy atom. The van der Waals surface area contributed by atoms with Crippen LogP contribution in [0.4, 0.5) is 4.39 Å². The smallest absolute Gasteiger partial charge is 0.222 e. The molecular weight excluding hydrogens is 219 g/mol. The molecule has 1 atom stereocenters. The number of benzene rings is 1. The van der Waals surface area contributed by atoms with Crippen molar-refractivity contribution in [2.45, 2.75) is 25.8 Å². The largest absolute Gasteiger partial charge is 0.339 e. The quantitative estimate of drug-likeness (QED) is 0.853. The SMILES string of the molecule is C[C@H](c1ccc(F)cc1)N(C)C(=O)CCCN. The molecule has 0 aromatic heterocycles. The Hall–Kier alpha value is -1.42. The van der Waals surface area contributed by atoms with Crippen LogP contribution in [0.25, 0.3) is 0 Å². The number of hydrogen-bond acceptors (Lipinski definition) is 2. The molecular formula is C13H19FN2O. The van der Waals surface area contributed by atoms with Gasteiger partial charge in [0.05, 0.1) is 6.04 Å². The zero-order valence-corrected chi connectivity index (χ0v) is 10.3. The summed E-state index contributed by atoms with van der Waals surface area (Å²) in [5.41, 5.74) is 6.29. The van der Waals surface area contributed by atoms with Gasteiger partial charge >= 0.3 is 0 Å². The second-order valence-corrected chi connectivity index (χ2v) is 4.12. The van der Waals surface area contributed by atoms with Crippen LogP contribution in [0.3, 0.4) is 0 Å². The molecule has 17 heavy (non-hydrogen) atoms. The summed E-state index contributed by atoms with van der Waals surface area (Å²) in [5, 5.41) is 0. The van der Waals surface area contributed by atoms with Crippen LogP contribution in [-0.2, 0) is 4.79 Å². The summed E-state index contributed by atoms with van der Waals surface area (Å²) in [7, 11) is 1.76. The number of nitrogens with zero attached hydrogens (tertiary/aromatic N) is 1. The van der Waals surface area contributed by atoms with E-state index in [-0.39, 0.29) is 17.8 Å². The van der Waals surface area contributed by atoms with Crippen LogP contribution in [0.15, 0.2) is 24.3 Å². The average Bonchev–Trinajstić information content (AvgIpc) is 2.35. The molecule has 0 radical (unpaired) electrons. The Morgan fingerprint density at radius 1 is 1.41 bits per heavy atom. The second kappa shape index (κ2) is 6.35. The number of rotatable bonds is 5. The van der Waals surface area contributed by atoms with E-state index < -0.39 is 0 Å². The molecule has 2 N–H and O–H groups in total. The Bertz CT molecular complexity index is 364. The summed E-state index contributed by atoms with van der Waals surface area (Å²) in [6, 6.07) is 6.16. The minimum absolute atomic E-state index is 0.0547. The Morgan fingerprint density at radius 3 is 2.53 bits per heavy atom. The minimum Gasteiger partial charge on any atom is -0.339 e. The number of carbonyl (C=O) groups is 1. The maximum Gasteiger partial charge on any atom is 0.222 e. The van der Waals surface area contributed by atoms with E-state index in [0.717, 1.165) is 5.56 Å². The van der Waals surface area contributed by atoms with Gasteiger partial charge in [0, 0.05) is 13.5 Å². The van der Waals surface area contributed by atoms with Crippen molar-refractivity contribution in [1.82, 2.24) is 4.90 Å². The van der Waals surface area contributed by atoms with E-state index in [2.05, 4.69) is 0 Å². The van der Waals surface area contributed by atoms with Crippen molar-refractivity contribution in [3.8, 4) is 0 Å². The summed E-state index contributed by atoms with van der Waals surface area (Å²) < 4.78 is 12.8. The third kappa shape index (κ3) is 3.82. The van der Waals surface area contributed by atoms with E-state index in [1.54, 1.807) is 24.1 Å². The molecule has 0 unspecified atom stereocenters. The zero-order chi connectivity index (χ0) is 12.8. The molecule has 0 saturated carbocycles. The van der Waals surface area contributed by atoms with Crippen LogP contribution in [0.2, 0.25) is 0 Å². The number of amides is 1. The molecule has 3 nitrogen and oxygen atoms in total. The zero-order valence-electron chi connectivity index (χ0n) is 10.3. The van der Waals surface area contributed by atoms with Gasteiger partial charge in [0.15, 0.2) is 0 Å². The van der Waals surface area contributed by atoms with Crippen LogP contribution in [0, 0.1) is 5.82 Å². The fraction of sp³-hybridized carbons (Fsp3) is 0.462. The molecule has 1 rings (SSSR count). The van der Waals surface area contributed by atoms with Crippen molar-refractivity contribution in [2.75, 3.05) is 13.6 Å². The highest BCUT2D eigenvalue weighted by Crippen LogP contribution is 2.19. The van der Waals surface area contributed by atoms with E-state index in [9.17, 15) is 9.18 Å². The van der Waals surface area contributed by atoms with Gasteiger partial charge in [-0.15, -0.1) is 0 Å². The van der Waals surface area contributed by atoms with E-state index >= 15 is 0 Å². The van der Waals surface area contributed by atoms with Crippen molar-refractivity contribution in [1.29, 1.82) is 0 Å². The molecule has 1 aromatic rings. The third-order valence-corrected chi connectivity index (χ3v) is 2.92. The molecule has 1 aromatic carbocycles. The predicted octanol–water partition coefficient (Wildman–Crippen LogP) is 2.08. The summed E-state index contributed by atoms with van der Waals surface area (Å²) in [5.74, 6) is -0.203. The Labute approximate surface area is 101 Å². The lowest BCUT2D eigenvalue weighted by atomic mass is 10.1. The van der Waals surface area contributed by atoms with Gasteiger partial charge in [0.1, 0.15) is 5.82 Å². The lowest BCUT2D eigenvalue weighted by molar-refractivity contribution is -0.131. The highest BCUT2D eigenvalue weighted by Gasteiger charge is 2.16. The Kier molecular flexibility index (Phi) is 5.10. The third-order valence-electron chi connectivity index (χ3n) is 2.92. The van der Waals surface area contributed by atoms with Crippen molar-refractivity contribution in [3.63, 3.8) is 0 Å². The standard InChI is InChI=1S/C13H19FN2O/c1-10(11-5-7-12(14)8-6-11)16(2)13(17)4-3-9-15/h5-8,10H,3-4,9,15H2,1-2H3/t10-/m1/s1. The van der Waals surface area contributed by atoms with E-state index in [4.69, 9.17) is 5.73 Å². The van der Waals surface area contributed by atoms with Gasteiger partial charge < -0.3 is 10.6 Å². The highest BCUT2D eigenvalue weighted by molar-refractivity contribution is 5.76. The first-order chi connectivity index (χ1) is 8.06. The maximum atomic E-state index is 12.8. The maximum absolute atomic E-state index is 12.8. The summed E-state index contributed by atoms with van der Waals surface area (Å²) in [4.78, 5) is 13.4. The molecule has 0 spiro atoms. The van der Waals surface area contributed by atoms with Gasteiger partial charge in [0.2, 0.25) is 5.91 Å². The lowest BCUT2D eigenvalue weighted by Gasteiger charge is -2.25. The first-order valence-corrected chi connectivity index (χ1v) is 5.77. The molecule has 4 heteroatoms.